The second-order valence-electron chi connectivity index (χ2n) is 6.52. The van der Waals surface area contributed by atoms with E-state index in [4.69, 9.17) is 0 Å². The zero-order chi connectivity index (χ0) is 19.6. The third-order valence-electron chi connectivity index (χ3n) is 4.56. The number of benzene rings is 2. The van der Waals surface area contributed by atoms with Crippen LogP contribution in [0.25, 0.3) is 10.6 Å². The van der Waals surface area contributed by atoms with Crippen LogP contribution in [0, 0.1) is 0 Å². The quantitative estimate of drug-likeness (QED) is 0.544. The monoisotopic (exact) mass is 400 g/mol. The zero-order valence-corrected chi connectivity index (χ0v) is 16.1. The molecule has 1 unspecified atom stereocenters. The number of carbonyl (C=O) groups is 1. The molecular formula is C21H16N6OS. The lowest BCUT2D eigenvalue weighted by Crippen LogP contribution is -2.25. The average molecular weight is 400 g/mol. The molecule has 1 atom stereocenters. The second kappa shape index (κ2) is 7.40. The van der Waals surface area contributed by atoms with Gasteiger partial charge in [0.05, 0.1) is 12.2 Å². The number of fused-ring (bicyclic) bond motifs is 1. The lowest BCUT2D eigenvalue weighted by Gasteiger charge is -2.14. The van der Waals surface area contributed by atoms with Crippen LogP contribution in [0.4, 0.5) is 11.9 Å². The molecular weight excluding hydrogens is 384 g/mol. The van der Waals surface area contributed by atoms with Crippen molar-refractivity contribution in [1.29, 1.82) is 0 Å². The predicted molar refractivity (Wildman–Crippen MR) is 113 cm³/mol. The SMILES string of the molecule is O=C1C(c2ccccc2)C=Nc2nc(NCc3csc(-c4ccccc4)n3)nn21. The third-order valence-corrected chi connectivity index (χ3v) is 5.50. The van der Waals surface area contributed by atoms with Crippen molar-refractivity contribution in [3.63, 3.8) is 0 Å². The van der Waals surface area contributed by atoms with Gasteiger partial charge in [0.1, 0.15) is 10.9 Å². The van der Waals surface area contributed by atoms with Crippen molar-refractivity contribution in [3.8, 4) is 10.6 Å². The fraction of sp³-hybridized carbons (Fsp3) is 0.0952. The highest BCUT2D eigenvalue weighted by atomic mass is 32.1. The van der Waals surface area contributed by atoms with E-state index in [9.17, 15) is 4.79 Å². The van der Waals surface area contributed by atoms with E-state index in [1.807, 2.05) is 66.0 Å². The molecule has 5 rings (SSSR count). The summed E-state index contributed by atoms with van der Waals surface area (Å²) in [5.41, 5.74) is 2.86. The Morgan fingerprint density at radius 3 is 2.55 bits per heavy atom. The van der Waals surface area contributed by atoms with E-state index in [-0.39, 0.29) is 11.9 Å². The lowest BCUT2D eigenvalue weighted by molar-refractivity contribution is 0.0887. The van der Waals surface area contributed by atoms with Crippen molar-refractivity contribution in [2.45, 2.75) is 12.5 Å². The van der Waals surface area contributed by atoms with Crippen LogP contribution in [0.5, 0.6) is 0 Å². The van der Waals surface area contributed by atoms with Crippen LogP contribution in [-0.2, 0) is 6.54 Å². The minimum Gasteiger partial charge on any atom is -0.347 e. The fourth-order valence-electron chi connectivity index (χ4n) is 3.11. The first kappa shape index (κ1) is 17.4. The van der Waals surface area contributed by atoms with E-state index >= 15 is 0 Å². The molecule has 0 aliphatic carbocycles. The summed E-state index contributed by atoms with van der Waals surface area (Å²) in [6.07, 6.45) is 1.62. The molecule has 0 saturated heterocycles. The Morgan fingerprint density at radius 2 is 1.76 bits per heavy atom. The largest absolute Gasteiger partial charge is 0.347 e. The van der Waals surface area contributed by atoms with Crippen LogP contribution < -0.4 is 5.32 Å². The molecule has 0 radical (unpaired) electrons. The first-order valence-electron chi connectivity index (χ1n) is 9.12. The smallest absolute Gasteiger partial charge is 0.263 e. The van der Waals surface area contributed by atoms with Crippen molar-refractivity contribution >= 4 is 35.4 Å². The molecule has 2 aromatic carbocycles. The molecule has 2 aromatic heterocycles. The molecule has 29 heavy (non-hydrogen) atoms. The van der Waals surface area contributed by atoms with E-state index in [1.54, 1.807) is 17.6 Å². The summed E-state index contributed by atoms with van der Waals surface area (Å²) >= 11 is 1.59. The molecule has 3 heterocycles. The van der Waals surface area contributed by atoms with E-state index in [1.165, 1.54) is 4.68 Å². The Labute approximate surface area is 170 Å². The van der Waals surface area contributed by atoms with Gasteiger partial charge in [-0.1, -0.05) is 60.7 Å². The van der Waals surface area contributed by atoms with Crippen LogP contribution in [0.2, 0.25) is 0 Å². The number of hydrogen-bond donors (Lipinski definition) is 1. The molecule has 142 valence electrons. The van der Waals surface area contributed by atoms with Crippen molar-refractivity contribution in [2.75, 3.05) is 5.32 Å². The molecule has 1 N–H and O–H groups in total. The molecule has 4 aromatic rings. The van der Waals surface area contributed by atoms with Gasteiger partial charge in [0.2, 0.25) is 5.95 Å². The van der Waals surface area contributed by atoms with Gasteiger partial charge in [-0.3, -0.25) is 4.79 Å². The van der Waals surface area contributed by atoms with Gasteiger partial charge in [-0.2, -0.15) is 9.67 Å². The summed E-state index contributed by atoms with van der Waals surface area (Å²) in [4.78, 5) is 26.1. The molecule has 0 bridgehead atoms. The van der Waals surface area contributed by atoms with Crippen molar-refractivity contribution < 1.29 is 4.79 Å². The molecule has 1 aliphatic rings. The Balaban J connectivity index is 1.30. The standard InChI is InChI=1S/C21H16N6OS/c28-19-17(14-7-3-1-4-8-14)12-23-21-25-20(26-27(19)21)22-11-16-13-29-18(24-16)15-9-5-2-6-10-15/h1-10,12-13,17H,11H2,(H,22,26). The van der Waals surface area contributed by atoms with Crippen LogP contribution in [0.1, 0.15) is 22.0 Å². The van der Waals surface area contributed by atoms with E-state index in [0.29, 0.717) is 12.5 Å². The van der Waals surface area contributed by atoms with Gasteiger partial charge in [-0.05, 0) is 5.56 Å². The van der Waals surface area contributed by atoms with Gasteiger partial charge in [-0.25, -0.2) is 9.98 Å². The molecule has 0 saturated carbocycles. The maximum Gasteiger partial charge on any atom is 0.263 e. The number of hydrogen-bond acceptors (Lipinski definition) is 7. The van der Waals surface area contributed by atoms with Gasteiger partial charge in [-0.15, -0.1) is 16.4 Å². The molecule has 7 nitrogen and oxygen atoms in total. The van der Waals surface area contributed by atoms with E-state index < -0.39 is 5.92 Å². The number of carbonyl (C=O) groups excluding carboxylic acids is 1. The van der Waals surface area contributed by atoms with E-state index in [0.717, 1.165) is 21.8 Å². The van der Waals surface area contributed by atoms with Crippen LogP contribution in [0.3, 0.4) is 0 Å². The summed E-state index contributed by atoms with van der Waals surface area (Å²) in [5, 5.41) is 10.4. The average Bonchev–Trinajstić information content (AvgIpc) is 3.41. The fourth-order valence-corrected chi connectivity index (χ4v) is 3.93. The normalized spacial score (nSPS) is 15.3. The van der Waals surface area contributed by atoms with Crippen molar-refractivity contribution in [3.05, 3.63) is 77.3 Å². The zero-order valence-electron chi connectivity index (χ0n) is 15.3. The second-order valence-corrected chi connectivity index (χ2v) is 7.37. The van der Waals surface area contributed by atoms with Crippen molar-refractivity contribution in [1.82, 2.24) is 19.7 Å². The van der Waals surface area contributed by atoms with Gasteiger partial charge >= 0.3 is 0 Å². The highest BCUT2D eigenvalue weighted by Crippen LogP contribution is 2.26. The van der Waals surface area contributed by atoms with E-state index in [2.05, 4.69) is 25.4 Å². The lowest BCUT2D eigenvalue weighted by atomic mass is 9.99. The van der Waals surface area contributed by atoms with Crippen LogP contribution in [-0.4, -0.2) is 31.9 Å². The number of nitrogens with zero attached hydrogens (tertiary/aromatic N) is 5. The first-order valence-corrected chi connectivity index (χ1v) is 10.00. The minimum absolute atomic E-state index is 0.165. The Kier molecular flexibility index (Phi) is 4.45. The first-order chi connectivity index (χ1) is 14.3. The number of rotatable bonds is 5. The highest BCUT2D eigenvalue weighted by molar-refractivity contribution is 7.13. The maximum absolute atomic E-state index is 12.8. The van der Waals surface area contributed by atoms with Crippen LogP contribution >= 0.6 is 11.3 Å². The summed E-state index contributed by atoms with van der Waals surface area (Å²) in [6.45, 7) is 0.465. The summed E-state index contributed by atoms with van der Waals surface area (Å²) < 4.78 is 1.26. The minimum atomic E-state index is -0.453. The van der Waals surface area contributed by atoms with Crippen molar-refractivity contribution in [2.24, 2.45) is 4.99 Å². The molecule has 0 amide bonds. The molecule has 0 fully saturated rings. The van der Waals surface area contributed by atoms with Gasteiger partial charge in [0, 0.05) is 17.2 Å². The Hall–Kier alpha value is -3.65. The van der Waals surface area contributed by atoms with Gasteiger partial charge in [0.25, 0.3) is 11.9 Å². The van der Waals surface area contributed by atoms with Gasteiger partial charge < -0.3 is 5.32 Å². The van der Waals surface area contributed by atoms with Gasteiger partial charge in [0.15, 0.2) is 0 Å². The maximum atomic E-state index is 12.8. The topological polar surface area (TPSA) is 85.1 Å². The molecule has 8 heteroatoms. The summed E-state index contributed by atoms with van der Waals surface area (Å²) in [5.74, 6) is 0.0217. The predicted octanol–water partition coefficient (Wildman–Crippen LogP) is 4.15. The Morgan fingerprint density at radius 1 is 1.00 bits per heavy atom. The molecule has 1 aliphatic heterocycles. The number of aliphatic imine (C=N–C) groups is 1. The summed E-state index contributed by atoms with van der Waals surface area (Å²) in [6, 6.07) is 19.6. The number of aromatic nitrogens is 4. The number of nitrogens with one attached hydrogen (secondary N) is 1. The van der Waals surface area contributed by atoms with Crippen LogP contribution in [0.15, 0.2) is 71.0 Å². The molecule has 0 spiro atoms. The summed E-state index contributed by atoms with van der Waals surface area (Å²) in [7, 11) is 0. The number of thiazole rings is 1. The third kappa shape index (κ3) is 3.45. The highest BCUT2D eigenvalue weighted by Gasteiger charge is 2.28. The number of anilines is 1. The Bertz CT molecular complexity index is 1180.